The molecule has 3 fully saturated rings. The average molecular weight is 401 g/mol. The van der Waals surface area contributed by atoms with Gasteiger partial charge in [-0.2, -0.15) is 4.99 Å². The number of rotatable bonds is 2. The first-order chi connectivity index (χ1) is 11.9. The zero-order valence-corrected chi connectivity index (χ0v) is 15.7. The second-order valence-corrected chi connectivity index (χ2v) is 10.2. The van der Waals surface area contributed by atoms with Crippen LogP contribution in [0.4, 0.5) is 5.69 Å². The number of amidine groups is 1. The molecule has 1 amide bonds. The quantitative estimate of drug-likeness (QED) is 0.756. The number of carbonyl (C=O) groups excluding carboxylic acids is 1. The topological polar surface area (TPSA) is 76.0 Å². The summed E-state index contributed by atoms with van der Waals surface area (Å²) in [4.78, 5) is 18.5. The Kier molecular flexibility index (Phi) is 4.56. The molecule has 3 aliphatic heterocycles. The molecular formula is C16H17ClN2O4S2. The molecule has 3 aliphatic rings. The number of hydrogen-bond donors (Lipinski definition) is 0. The smallest absolute Gasteiger partial charge is 0.277 e. The van der Waals surface area contributed by atoms with Crippen LogP contribution in [0.2, 0.25) is 5.02 Å². The summed E-state index contributed by atoms with van der Waals surface area (Å²) in [5.74, 6) is -0.133. The summed E-state index contributed by atoms with van der Waals surface area (Å²) >= 11 is 7.46. The monoisotopic (exact) mass is 400 g/mol. The molecule has 3 heterocycles. The lowest BCUT2D eigenvalue weighted by Gasteiger charge is -2.24. The standard InChI is InChI=1S/C16H17ClN2O4S2/c17-10-3-1-4-11(7-10)19-12-8-25(21,22)9-14(12)24-16(19)18-15(20)13-5-2-6-23-13/h1,3-4,7,12-14H,2,5-6,8-9H2/t12-,13+,14-/m0/s1. The first kappa shape index (κ1) is 17.3. The van der Waals surface area contributed by atoms with E-state index in [1.165, 1.54) is 11.8 Å². The molecule has 4 rings (SSSR count). The van der Waals surface area contributed by atoms with E-state index in [1.54, 1.807) is 18.2 Å². The molecule has 9 heteroatoms. The highest BCUT2D eigenvalue weighted by Gasteiger charge is 2.49. The van der Waals surface area contributed by atoms with E-state index in [4.69, 9.17) is 16.3 Å². The van der Waals surface area contributed by atoms with Crippen LogP contribution in [-0.4, -0.2) is 55.0 Å². The minimum Gasteiger partial charge on any atom is -0.368 e. The van der Waals surface area contributed by atoms with Crippen LogP contribution in [0.15, 0.2) is 29.3 Å². The summed E-state index contributed by atoms with van der Waals surface area (Å²) in [5.41, 5.74) is 0.753. The zero-order valence-electron chi connectivity index (χ0n) is 13.3. The largest absolute Gasteiger partial charge is 0.368 e. The van der Waals surface area contributed by atoms with Crippen molar-refractivity contribution in [2.45, 2.75) is 30.2 Å². The number of amides is 1. The molecule has 0 radical (unpaired) electrons. The number of sulfone groups is 1. The minimum atomic E-state index is -3.08. The number of thioether (sulfide) groups is 1. The van der Waals surface area contributed by atoms with Crippen LogP contribution in [0.3, 0.4) is 0 Å². The number of anilines is 1. The molecule has 3 saturated heterocycles. The Morgan fingerprint density at radius 1 is 1.36 bits per heavy atom. The second-order valence-electron chi connectivity index (χ2n) is 6.38. The van der Waals surface area contributed by atoms with Gasteiger partial charge in [-0.3, -0.25) is 4.79 Å². The van der Waals surface area contributed by atoms with Crippen molar-refractivity contribution in [1.82, 2.24) is 0 Å². The van der Waals surface area contributed by atoms with Crippen molar-refractivity contribution in [3.05, 3.63) is 29.3 Å². The third kappa shape index (κ3) is 3.45. The van der Waals surface area contributed by atoms with Gasteiger partial charge in [0.05, 0.1) is 17.5 Å². The number of hydrogen-bond acceptors (Lipinski definition) is 5. The Morgan fingerprint density at radius 2 is 2.20 bits per heavy atom. The second kappa shape index (κ2) is 6.57. The number of nitrogens with zero attached hydrogens (tertiary/aromatic N) is 2. The van der Waals surface area contributed by atoms with E-state index >= 15 is 0 Å². The van der Waals surface area contributed by atoms with E-state index in [1.807, 2.05) is 11.0 Å². The predicted molar refractivity (Wildman–Crippen MR) is 99.2 cm³/mol. The molecule has 0 saturated carbocycles. The summed E-state index contributed by atoms with van der Waals surface area (Å²) in [6, 6.07) is 6.95. The number of benzene rings is 1. The molecule has 0 spiro atoms. The van der Waals surface area contributed by atoms with Gasteiger partial charge in [-0.05, 0) is 31.0 Å². The van der Waals surface area contributed by atoms with Crippen molar-refractivity contribution < 1.29 is 17.9 Å². The first-order valence-corrected chi connectivity index (χ1v) is 11.2. The van der Waals surface area contributed by atoms with Gasteiger partial charge in [0.1, 0.15) is 6.10 Å². The van der Waals surface area contributed by atoms with E-state index in [9.17, 15) is 13.2 Å². The van der Waals surface area contributed by atoms with Gasteiger partial charge in [-0.1, -0.05) is 29.4 Å². The molecule has 0 aliphatic carbocycles. The van der Waals surface area contributed by atoms with Gasteiger partial charge in [-0.25, -0.2) is 8.42 Å². The molecule has 0 bridgehead atoms. The molecule has 1 aromatic rings. The molecule has 134 valence electrons. The summed E-state index contributed by atoms with van der Waals surface area (Å²) in [6.07, 6.45) is 1.05. The van der Waals surface area contributed by atoms with Gasteiger partial charge in [0.25, 0.3) is 5.91 Å². The Labute approximate surface area is 155 Å². The van der Waals surface area contributed by atoms with E-state index < -0.39 is 15.9 Å². The van der Waals surface area contributed by atoms with Crippen LogP contribution >= 0.6 is 23.4 Å². The Bertz CT molecular complexity index is 836. The van der Waals surface area contributed by atoms with Crippen molar-refractivity contribution in [2.75, 3.05) is 23.0 Å². The third-order valence-electron chi connectivity index (χ3n) is 4.56. The third-order valence-corrected chi connectivity index (χ3v) is 8.01. The number of fused-ring (bicyclic) bond motifs is 1. The lowest BCUT2D eigenvalue weighted by atomic mass is 10.2. The summed E-state index contributed by atoms with van der Waals surface area (Å²) in [5, 5.41) is 0.962. The lowest BCUT2D eigenvalue weighted by Crippen LogP contribution is -2.38. The van der Waals surface area contributed by atoms with Gasteiger partial charge >= 0.3 is 0 Å². The van der Waals surface area contributed by atoms with Crippen LogP contribution in [0, 0.1) is 0 Å². The van der Waals surface area contributed by atoms with Gasteiger partial charge in [0.15, 0.2) is 15.0 Å². The average Bonchev–Trinajstić information content (AvgIpc) is 3.21. The predicted octanol–water partition coefficient (Wildman–Crippen LogP) is 2.12. The Morgan fingerprint density at radius 3 is 2.92 bits per heavy atom. The molecular weight excluding hydrogens is 384 g/mol. The molecule has 25 heavy (non-hydrogen) atoms. The number of aliphatic imine (C=N–C) groups is 1. The maximum atomic E-state index is 12.4. The van der Waals surface area contributed by atoms with Gasteiger partial charge in [0, 0.05) is 22.6 Å². The SMILES string of the molecule is O=C(N=C1S[C@H]2CS(=O)(=O)C[C@@H]2N1c1cccc(Cl)c1)[C@H]1CCCO1. The molecule has 6 nitrogen and oxygen atoms in total. The van der Waals surface area contributed by atoms with Crippen molar-refractivity contribution in [2.24, 2.45) is 4.99 Å². The number of carbonyl (C=O) groups is 1. The fraction of sp³-hybridized carbons (Fsp3) is 0.500. The van der Waals surface area contributed by atoms with E-state index in [-0.39, 0.29) is 28.7 Å². The van der Waals surface area contributed by atoms with E-state index in [0.717, 1.165) is 12.1 Å². The molecule has 1 aromatic carbocycles. The maximum Gasteiger partial charge on any atom is 0.277 e. The molecule has 3 atom stereocenters. The normalized spacial score (nSPS) is 32.3. The maximum absolute atomic E-state index is 12.4. The van der Waals surface area contributed by atoms with Crippen molar-refractivity contribution in [3.8, 4) is 0 Å². The van der Waals surface area contributed by atoms with Crippen LogP contribution in [0.25, 0.3) is 0 Å². The highest BCUT2D eigenvalue weighted by Crippen LogP contribution is 2.41. The van der Waals surface area contributed by atoms with Crippen LogP contribution in [0.1, 0.15) is 12.8 Å². The van der Waals surface area contributed by atoms with Crippen LogP contribution in [-0.2, 0) is 19.4 Å². The highest BCUT2D eigenvalue weighted by molar-refractivity contribution is 8.16. The van der Waals surface area contributed by atoms with E-state index in [0.29, 0.717) is 23.2 Å². The minimum absolute atomic E-state index is 0.0598. The Balaban J connectivity index is 1.69. The van der Waals surface area contributed by atoms with Crippen LogP contribution < -0.4 is 4.90 Å². The van der Waals surface area contributed by atoms with Crippen molar-refractivity contribution in [1.29, 1.82) is 0 Å². The fourth-order valence-corrected chi connectivity index (χ4v) is 7.53. The molecule has 0 unspecified atom stereocenters. The molecule has 0 N–H and O–H groups in total. The first-order valence-electron chi connectivity index (χ1n) is 8.09. The summed E-state index contributed by atoms with van der Waals surface area (Å²) in [7, 11) is -3.08. The van der Waals surface area contributed by atoms with Crippen molar-refractivity contribution in [3.63, 3.8) is 0 Å². The zero-order chi connectivity index (χ0) is 17.6. The van der Waals surface area contributed by atoms with Gasteiger partial charge < -0.3 is 9.64 Å². The molecule has 0 aromatic heterocycles. The number of halogens is 1. The van der Waals surface area contributed by atoms with Crippen LogP contribution in [0.5, 0.6) is 0 Å². The lowest BCUT2D eigenvalue weighted by molar-refractivity contribution is -0.126. The summed E-state index contributed by atoms with van der Waals surface area (Å²) < 4.78 is 29.5. The van der Waals surface area contributed by atoms with E-state index in [2.05, 4.69) is 4.99 Å². The fourth-order valence-electron chi connectivity index (χ4n) is 3.43. The highest BCUT2D eigenvalue weighted by atomic mass is 35.5. The summed E-state index contributed by atoms with van der Waals surface area (Å²) in [6.45, 7) is 0.579. The van der Waals surface area contributed by atoms with Gasteiger partial charge in [0.2, 0.25) is 0 Å². The number of ether oxygens (including phenoxy) is 1. The Hall–Kier alpha value is -1.09. The van der Waals surface area contributed by atoms with Gasteiger partial charge in [-0.15, -0.1) is 0 Å². The van der Waals surface area contributed by atoms with Crippen molar-refractivity contribution >= 4 is 50.0 Å².